The van der Waals surface area contributed by atoms with Crippen LogP contribution in [0.4, 0.5) is 5.95 Å². The average molecular weight is 452 g/mol. The molecule has 4 N–H and O–H groups in total. The minimum atomic E-state index is -0.250. The lowest BCUT2D eigenvalue weighted by Gasteiger charge is -2.46. The van der Waals surface area contributed by atoms with Crippen LogP contribution in [0.25, 0.3) is 22.4 Å². The fourth-order valence-corrected chi connectivity index (χ4v) is 4.46. The Balaban J connectivity index is 0.000000968. The van der Waals surface area contributed by atoms with Crippen molar-refractivity contribution in [3.8, 4) is 28.1 Å². The van der Waals surface area contributed by atoms with Crippen LogP contribution in [0.5, 0.6) is 5.75 Å². The molecule has 1 aromatic carbocycles. The van der Waals surface area contributed by atoms with E-state index in [0.717, 1.165) is 24.0 Å². The summed E-state index contributed by atoms with van der Waals surface area (Å²) in [5, 5.41) is 40.6. The Hall–Kier alpha value is -3.66. The topological polar surface area (TPSA) is 146 Å². The minimum Gasteiger partial charge on any atom is -0.507 e. The van der Waals surface area contributed by atoms with Gasteiger partial charge in [0.25, 0.3) is 6.47 Å². The van der Waals surface area contributed by atoms with Gasteiger partial charge in [-0.25, -0.2) is 4.98 Å². The summed E-state index contributed by atoms with van der Waals surface area (Å²) in [6, 6.07) is 7.48. The van der Waals surface area contributed by atoms with Gasteiger partial charge in [-0.1, -0.05) is 6.07 Å². The summed E-state index contributed by atoms with van der Waals surface area (Å²) >= 11 is 0. The van der Waals surface area contributed by atoms with Crippen LogP contribution in [-0.4, -0.2) is 59.2 Å². The van der Waals surface area contributed by atoms with Crippen LogP contribution in [0.1, 0.15) is 40.5 Å². The summed E-state index contributed by atoms with van der Waals surface area (Å²) in [6.07, 6.45) is 6.84. The summed E-state index contributed by atoms with van der Waals surface area (Å²) < 4.78 is 0. The molecule has 0 atom stereocenters. The molecule has 174 valence electrons. The average Bonchev–Trinajstić information content (AvgIpc) is 2.73. The SMILES string of the molecule is CC1(C)CC(Nc2ncc(-c3ccc(-c4ccnnc4)cc3O)nn2)CC(C)(C)N1.O=CO. The van der Waals surface area contributed by atoms with Crippen molar-refractivity contribution in [2.24, 2.45) is 0 Å². The highest BCUT2D eigenvalue weighted by Crippen LogP contribution is 2.32. The molecule has 1 fully saturated rings. The fourth-order valence-electron chi connectivity index (χ4n) is 4.46. The first-order valence-corrected chi connectivity index (χ1v) is 10.6. The molecule has 4 rings (SSSR count). The van der Waals surface area contributed by atoms with Crippen molar-refractivity contribution in [2.45, 2.75) is 57.7 Å². The minimum absolute atomic E-state index is 0.0324. The number of piperidine rings is 1. The van der Waals surface area contributed by atoms with Crippen LogP contribution in [0.2, 0.25) is 0 Å². The molecule has 0 unspecified atom stereocenters. The van der Waals surface area contributed by atoms with E-state index in [4.69, 9.17) is 9.90 Å². The predicted molar refractivity (Wildman–Crippen MR) is 125 cm³/mol. The fraction of sp³-hybridized carbons (Fsp3) is 0.391. The third kappa shape index (κ3) is 6.42. The van der Waals surface area contributed by atoms with Gasteiger partial charge in [-0.2, -0.15) is 10.2 Å². The third-order valence-electron chi connectivity index (χ3n) is 5.28. The van der Waals surface area contributed by atoms with Crippen LogP contribution in [-0.2, 0) is 4.79 Å². The molecule has 1 saturated heterocycles. The quantitative estimate of drug-likeness (QED) is 0.436. The van der Waals surface area contributed by atoms with Crippen LogP contribution in [0.3, 0.4) is 0 Å². The van der Waals surface area contributed by atoms with Gasteiger partial charge in [-0.15, -0.1) is 10.2 Å². The summed E-state index contributed by atoms with van der Waals surface area (Å²) in [5.41, 5.74) is 2.89. The Labute approximate surface area is 192 Å². The van der Waals surface area contributed by atoms with Gasteiger partial charge in [-0.05, 0) is 64.3 Å². The van der Waals surface area contributed by atoms with Crippen LogP contribution in [0, 0.1) is 0 Å². The standard InChI is InChI=1S/C22H27N7O.CH2O2/c1-21(2)10-16(11-22(3,4)29-21)26-20-23-13-18(27-28-20)17-6-5-14(9-19(17)30)15-7-8-24-25-12-15;2-1-3/h5-9,12-13,16,29-30H,10-11H2,1-4H3,(H,23,26,28);1H,(H,2,3). The van der Waals surface area contributed by atoms with Gasteiger partial charge in [0.05, 0.1) is 18.6 Å². The van der Waals surface area contributed by atoms with Crippen molar-refractivity contribution in [2.75, 3.05) is 5.32 Å². The second-order valence-corrected chi connectivity index (χ2v) is 9.28. The molecule has 33 heavy (non-hydrogen) atoms. The summed E-state index contributed by atoms with van der Waals surface area (Å²) in [7, 11) is 0. The third-order valence-corrected chi connectivity index (χ3v) is 5.28. The second kappa shape index (κ2) is 9.86. The van der Waals surface area contributed by atoms with Gasteiger partial charge in [0.2, 0.25) is 5.95 Å². The molecule has 1 aliphatic rings. The number of aromatic nitrogens is 5. The van der Waals surface area contributed by atoms with Gasteiger partial charge in [-0.3, -0.25) is 4.79 Å². The number of carbonyl (C=O) groups is 1. The van der Waals surface area contributed by atoms with E-state index in [9.17, 15) is 5.11 Å². The summed E-state index contributed by atoms with van der Waals surface area (Å²) in [5.74, 6) is 0.610. The van der Waals surface area contributed by atoms with Gasteiger partial charge >= 0.3 is 0 Å². The molecule has 10 heteroatoms. The molecular weight excluding hydrogens is 422 g/mol. The normalized spacial score (nSPS) is 16.8. The van der Waals surface area contributed by atoms with E-state index >= 15 is 0 Å². The van der Waals surface area contributed by atoms with Crippen molar-refractivity contribution in [1.82, 2.24) is 30.7 Å². The lowest BCUT2D eigenvalue weighted by molar-refractivity contribution is -0.122. The number of nitrogens with zero attached hydrogens (tertiary/aromatic N) is 5. The molecule has 0 amide bonds. The zero-order valence-corrected chi connectivity index (χ0v) is 19.1. The number of phenolic OH excluding ortho intramolecular Hbond substituents is 1. The molecule has 0 saturated carbocycles. The highest BCUT2D eigenvalue weighted by molar-refractivity contribution is 5.73. The molecule has 0 bridgehead atoms. The van der Waals surface area contributed by atoms with E-state index in [1.807, 2.05) is 18.2 Å². The van der Waals surface area contributed by atoms with E-state index in [1.54, 1.807) is 24.7 Å². The van der Waals surface area contributed by atoms with Crippen molar-refractivity contribution in [3.63, 3.8) is 0 Å². The maximum absolute atomic E-state index is 10.5. The van der Waals surface area contributed by atoms with Gasteiger partial charge in [0.1, 0.15) is 11.4 Å². The first-order valence-electron chi connectivity index (χ1n) is 10.6. The molecule has 2 aromatic heterocycles. The maximum Gasteiger partial charge on any atom is 0.290 e. The second-order valence-electron chi connectivity index (χ2n) is 9.28. The zero-order valence-electron chi connectivity index (χ0n) is 19.1. The maximum atomic E-state index is 10.5. The number of benzene rings is 1. The number of rotatable bonds is 4. The van der Waals surface area contributed by atoms with Crippen molar-refractivity contribution in [3.05, 3.63) is 42.9 Å². The van der Waals surface area contributed by atoms with Gasteiger partial charge in [0.15, 0.2) is 0 Å². The smallest absolute Gasteiger partial charge is 0.290 e. The largest absolute Gasteiger partial charge is 0.507 e. The number of hydrogen-bond donors (Lipinski definition) is 4. The predicted octanol–water partition coefficient (Wildman–Crippen LogP) is 3.12. The Kier molecular flexibility index (Phi) is 7.17. The number of carboxylic acid groups (broad SMARTS) is 1. The molecule has 0 radical (unpaired) electrons. The number of anilines is 1. The Morgan fingerprint density at radius 1 is 1.03 bits per heavy atom. The molecule has 1 aliphatic heterocycles. The van der Waals surface area contributed by atoms with E-state index in [2.05, 4.69) is 63.7 Å². The van der Waals surface area contributed by atoms with Crippen molar-refractivity contribution < 1.29 is 15.0 Å². The van der Waals surface area contributed by atoms with Crippen LogP contribution in [0.15, 0.2) is 42.9 Å². The molecule has 3 aromatic rings. The Morgan fingerprint density at radius 3 is 2.27 bits per heavy atom. The molecular formula is C23H29N7O3. The first kappa shape index (κ1) is 24.0. The molecule has 3 heterocycles. The first-order chi connectivity index (χ1) is 15.6. The monoisotopic (exact) mass is 451 g/mol. The number of nitrogens with one attached hydrogen (secondary N) is 2. The Bertz CT molecular complexity index is 1060. The highest BCUT2D eigenvalue weighted by atomic mass is 16.3. The Morgan fingerprint density at radius 2 is 1.73 bits per heavy atom. The van der Waals surface area contributed by atoms with E-state index in [-0.39, 0.29) is 29.3 Å². The molecule has 0 aliphatic carbocycles. The van der Waals surface area contributed by atoms with Crippen LogP contribution >= 0.6 is 0 Å². The van der Waals surface area contributed by atoms with Crippen molar-refractivity contribution in [1.29, 1.82) is 0 Å². The summed E-state index contributed by atoms with van der Waals surface area (Å²) in [4.78, 5) is 12.8. The van der Waals surface area contributed by atoms with E-state index < -0.39 is 0 Å². The number of phenols is 1. The summed E-state index contributed by atoms with van der Waals surface area (Å²) in [6.45, 7) is 8.58. The van der Waals surface area contributed by atoms with Crippen LogP contribution < -0.4 is 10.6 Å². The molecule has 0 spiro atoms. The molecule has 10 nitrogen and oxygen atoms in total. The van der Waals surface area contributed by atoms with Crippen molar-refractivity contribution >= 4 is 12.4 Å². The lowest BCUT2D eigenvalue weighted by atomic mass is 9.80. The highest BCUT2D eigenvalue weighted by Gasteiger charge is 2.37. The van der Waals surface area contributed by atoms with Gasteiger partial charge in [0, 0.05) is 28.2 Å². The van der Waals surface area contributed by atoms with E-state index in [0.29, 0.717) is 17.2 Å². The number of hydrogen-bond acceptors (Lipinski definition) is 9. The lowest BCUT2D eigenvalue weighted by Crippen LogP contribution is -2.60. The van der Waals surface area contributed by atoms with E-state index in [1.165, 1.54) is 0 Å². The zero-order chi connectivity index (χ0) is 24.1. The number of aromatic hydroxyl groups is 1. The van der Waals surface area contributed by atoms with Gasteiger partial charge < -0.3 is 20.8 Å².